The SMILES string of the molecule is COCC(C)N1CCC(OCC(=O)O)CC1. The number of ether oxygens (including phenoxy) is 2. The van der Waals surface area contributed by atoms with Gasteiger partial charge in [0, 0.05) is 26.2 Å². The summed E-state index contributed by atoms with van der Waals surface area (Å²) in [4.78, 5) is 12.7. The summed E-state index contributed by atoms with van der Waals surface area (Å²) in [7, 11) is 1.71. The molecule has 1 N–H and O–H groups in total. The van der Waals surface area contributed by atoms with Crippen molar-refractivity contribution in [3.05, 3.63) is 0 Å². The van der Waals surface area contributed by atoms with Crippen LogP contribution in [0.4, 0.5) is 0 Å². The van der Waals surface area contributed by atoms with Crippen molar-refractivity contribution < 1.29 is 19.4 Å². The van der Waals surface area contributed by atoms with Gasteiger partial charge in [-0.15, -0.1) is 0 Å². The number of hydrogen-bond donors (Lipinski definition) is 1. The topological polar surface area (TPSA) is 59.0 Å². The van der Waals surface area contributed by atoms with Crippen molar-refractivity contribution in [2.75, 3.05) is 33.4 Å². The van der Waals surface area contributed by atoms with Crippen LogP contribution in [0.1, 0.15) is 19.8 Å². The number of carboxylic acids is 1. The standard InChI is InChI=1S/C11H21NO4/c1-9(7-15-2)12-5-3-10(4-6-12)16-8-11(13)14/h9-10H,3-8H2,1-2H3,(H,13,14). The summed E-state index contributed by atoms with van der Waals surface area (Å²) in [5.74, 6) is -0.893. The van der Waals surface area contributed by atoms with Gasteiger partial charge >= 0.3 is 5.97 Å². The fraction of sp³-hybridized carbons (Fsp3) is 0.909. The summed E-state index contributed by atoms with van der Waals surface area (Å²) in [6.07, 6.45) is 1.91. The van der Waals surface area contributed by atoms with Crippen molar-refractivity contribution in [2.24, 2.45) is 0 Å². The van der Waals surface area contributed by atoms with E-state index in [4.69, 9.17) is 14.6 Å². The lowest BCUT2D eigenvalue weighted by Crippen LogP contribution is -2.44. The molecule has 1 saturated heterocycles. The Morgan fingerprint density at radius 3 is 2.62 bits per heavy atom. The summed E-state index contributed by atoms with van der Waals surface area (Å²) in [6, 6.07) is 0.422. The summed E-state index contributed by atoms with van der Waals surface area (Å²) in [5, 5.41) is 8.50. The lowest BCUT2D eigenvalue weighted by molar-refractivity contribution is -0.145. The minimum atomic E-state index is -0.893. The van der Waals surface area contributed by atoms with Gasteiger partial charge in [-0.1, -0.05) is 0 Å². The number of aliphatic carboxylic acids is 1. The predicted molar refractivity (Wildman–Crippen MR) is 59.5 cm³/mol. The van der Waals surface area contributed by atoms with Crippen molar-refractivity contribution in [2.45, 2.75) is 31.9 Å². The predicted octanol–water partition coefficient (Wildman–Crippen LogP) is 0.587. The highest BCUT2D eigenvalue weighted by atomic mass is 16.5. The van der Waals surface area contributed by atoms with Crippen LogP contribution in [0.3, 0.4) is 0 Å². The van der Waals surface area contributed by atoms with Crippen LogP contribution in [-0.2, 0) is 14.3 Å². The number of carbonyl (C=O) groups is 1. The molecule has 0 aromatic heterocycles. The van der Waals surface area contributed by atoms with E-state index in [1.54, 1.807) is 7.11 Å². The van der Waals surface area contributed by atoms with Crippen LogP contribution in [0.5, 0.6) is 0 Å². The highest BCUT2D eigenvalue weighted by molar-refractivity contribution is 5.68. The fourth-order valence-corrected chi connectivity index (χ4v) is 2.02. The number of carboxylic acid groups (broad SMARTS) is 1. The van der Waals surface area contributed by atoms with Crippen LogP contribution in [0.15, 0.2) is 0 Å². The van der Waals surface area contributed by atoms with Gasteiger partial charge in [0.1, 0.15) is 6.61 Å². The molecule has 1 aliphatic heterocycles. The molecular weight excluding hydrogens is 210 g/mol. The Hall–Kier alpha value is -0.650. The maximum absolute atomic E-state index is 10.3. The first-order valence-electron chi connectivity index (χ1n) is 5.70. The minimum Gasteiger partial charge on any atom is -0.480 e. The number of nitrogens with zero attached hydrogens (tertiary/aromatic N) is 1. The summed E-state index contributed by atoms with van der Waals surface area (Å²) >= 11 is 0. The molecular formula is C11H21NO4. The smallest absolute Gasteiger partial charge is 0.329 e. The fourth-order valence-electron chi connectivity index (χ4n) is 2.02. The van der Waals surface area contributed by atoms with E-state index in [-0.39, 0.29) is 12.7 Å². The van der Waals surface area contributed by atoms with Gasteiger partial charge in [0.25, 0.3) is 0 Å². The van der Waals surface area contributed by atoms with Gasteiger partial charge in [0.05, 0.1) is 12.7 Å². The molecule has 1 aliphatic rings. The number of hydrogen-bond acceptors (Lipinski definition) is 4. The van der Waals surface area contributed by atoms with Gasteiger partial charge in [-0.05, 0) is 19.8 Å². The monoisotopic (exact) mass is 231 g/mol. The average molecular weight is 231 g/mol. The lowest BCUT2D eigenvalue weighted by atomic mass is 10.1. The Bertz CT molecular complexity index is 214. The second kappa shape index (κ2) is 6.83. The first kappa shape index (κ1) is 13.4. The van der Waals surface area contributed by atoms with Crippen LogP contribution < -0.4 is 0 Å². The minimum absolute atomic E-state index is 0.0992. The number of methoxy groups -OCH3 is 1. The molecule has 0 aromatic rings. The van der Waals surface area contributed by atoms with Gasteiger partial charge in [0.2, 0.25) is 0 Å². The first-order valence-corrected chi connectivity index (χ1v) is 5.70. The van der Waals surface area contributed by atoms with Crippen molar-refractivity contribution in [3.8, 4) is 0 Å². The quantitative estimate of drug-likeness (QED) is 0.725. The molecule has 1 heterocycles. The van der Waals surface area contributed by atoms with Gasteiger partial charge in [-0.3, -0.25) is 4.90 Å². The molecule has 16 heavy (non-hydrogen) atoms. The highest BCUT2D eigenvalue weighted by Crippen LogP contribution is 2.15. The zero-order valence-corrected chi connectivity index (χ0v) is 10.0. The molecule has 5 heteroatoms. The molecule has 0 aromatic carbocycles. The molecule has 1 unspecified atom stereocenters. The molecule has 0 spiro atoms. The molecule has 1 fully saturated rings. The Morgan fingerprint density at radius 1 is 1.50 bits per heavy atom. The molecule has 94 valence electrons. The van der Waals surface area contributed by atoms with Crippen LogP contribution >= 0.6 is 0 Å². The first-order chi connectivity index (χ1) is 7.63. The molecule has 5 nitrogen and oxygen atoms in total. The Balaban J connectivity index is 2.20. The number of rotatable bonds is 6. The Labute approximate surface area is 96.3 Å². The largest absolute Gasteiger partial charge is 0.480 e. The van der Waals surface area contributed by atoms with E-state index in [1.807, 2.05) is 0 Å². The third-order valence-corrected chi connectivity index (χ3v) is 2.95. The molecule has 0 aliphatic carbocycles. The van der Waals surface area contributed by atoms with E-state index < -0.39 is 5.97 Å². The van der Waals surface area contributed by atoms with Crippen molar-refractivity contribution in [3.63, 3.8) is 0 Å². The van der Waals surface area contributed by atoms with Gasteiger partial charge < -0.3 is 14.6 Å². The third-order valence-electron chi connectivity index (χ3n) is 2.95. The van der Waals surface area contributed by atoms with Crippen LogP contribution in [0, 0.1) is 0 Å². The van der Waals surface area contributed by atoms with E-state index >= 15 is 0 Å². The van der Waals surface area contributed by atoms with Crippen molar-refractivity contribution >= 4 is 5.97 Å². The second-order valence-electron chi connectivity index (χ2n) is 4.24. The van der Waals surface area contributed by atoms with Crippen LogP contribution in [-0.4, -0.2) is 61.5 Å². The van der Waals surface area contributed by atoms with E-state index in [2.05, 4.69) is 11.8 Å². The van der Waals surface area contributed by atoms with E-state index in [1.165, 1.54) is 0 Å². The Morgan fingerprint density at radius 2 is 2.12 bits per heavy atom. The van der Waals surface area contributed by atoms with Crippen molar-refractivity contribution in [1.29, 1.82) is 0 Å². The Kier molecular flexibility index (Phi) is 5.73. The highest BCUT2D eigenvalue weighted by Gasteiger charge is 2.23. The zero-order valence-electron chi connectivity index (χ0n) is 10.0. The van der Waals surface area contributed by atoms with E-state index in [0.717, 1.165) is 32.5 Å². The summed E-state index contributed by atoms with van der Waals surface area (Å²) in [5.41, 5.74) is 0. The lowest BCUT2D eigenvalue weighted by Gasteiger charge is -2.35. The van der Waals surface area contributed by atoms with Gasteiger partial charge in [0.15, 0.2) is 0 Å². The van der Waals surface area contributed by atoms with Crippen molar-refractivity contribution in [1.82, 2.24) is 4.90 Å². The van der Waals surface area contributed by atoms with Gasteiger partial charge in [-0.25, -0.2) is 4.79 Å². The molecule has 1 rings (SSSR count). The molecule has 0 amide bonds. The third kappa shape index (κ3) is 4.47. The molecule has 0 saturated carbocycles. The van der Waals surface area contributed by atoms with Crippen LogP contribution in [0.2, 0.25) is 0 Å². The van der Waals surface area contributed by atoms with E-state index in [0.29, 0.717) is 6.04 Å². The summed E-state index contributed by atoms with van der Waals surface area (Å²) in [6.45, 7) is 4.60. The maximum Gasteiger partial charge on any atom is 0.329 e. The van der Waals surface area contributed by atoms with E-state index in [9.17, 15) is 4.79 Å². The average Bonchev–Trinajstić information content (AvgIpc) is 2.27. The van der Waals surface area contributed by atoms with Crippen LogP contribution in [0.25, 0.3) is 0 Å². The summed E-state index contributed by atoms with van der Waals surface area (Å²) < 4.78 is 10.4. The zero-order chi connectivity index (χ0) is 12.0. The second-order valence-corrected chi connectivity index (χ2v) is 4.24. The molecule has 0 radical (unpaired) electrons. The maximum atomic E-state index is 10.3. The molecule has 0 bridgehead atoms. The number of likely N-dealkylation sites (tertiary alicyclic amines) is 1. The molecule has 1 atom stereocenters. The van der Waals surface area contributed by atoms with Gasteiger partial charge in [-0.2, -0.15) is 0 Å². The number of piperidine rings is 1. The normalized spacial score (nSPS) is 20.9.